The van der Waals surface area contributed by atoms with E-state index in [0.717, 1.165) is 5.56 Å². The van der Waals surface area contributed by atoms with E-state index < -0.39 is 0 Å². The summed E-state index contributed by atoms with van der Waals surface area (Å²) in [5.74, 6) is -0.202. The van der Waals surface area contributed by atoms with Gasteiger partial charge in [-0.25, -0.2) is 4.39 Å². The van der Waals surface area contributed by atoms with Gasteiger partial charge in [-0.2, -0.15) is 0 Å². The van der Waals surface area contributed by atoms with Crippen molar-refractivity contribution in [1.29, 1.82) is 0 Å². The first-order valence-corrected chi connectivity index (χ1v) is 6.38. The molecule has 0 heterocycles. The van der Waals surface area contributed by atoms with Crippen LogP contribution < -0.4 is 10.6 Å². The number of likely N-dealkylation sites (N-methyl/N-ethyl adjacent to an activating group) is 1. The number of nitrogens with two attached hydrogens (primary N) is 1. The van der Waals surface area contributed by atoms with Gasteiger partial charge in [0.25, 0.3) is 0 Å². The van der Waals surface area contributed by atoms with Crippen molar-refractivity contribution in [1.82, 2.24) is 0 Å². The first-order valence-electron chi connectivity index (χ1n) is 6.38. The van der Waals surface area contributed by atoms with Crippen LogP contribution in [0.5, 0.6) is 0 Å². The molecule has 3 nitrogen and oxygen atoms in total. The van der Waals surface area contributed by atoms with Crippen LogP contribution in [0.2, 0.25) is 0 Å². The lowest BCUT2D eigenvalue weighted by Crippen LogP contribution is -2.26. The summed E-state index contributed by atoms with van der Waals surface area (Å²) in [7, 11) is 1.88. The molecular weight excluding hydrogens is 231 g/mol. The van der Waals surface area contributed by atoms with Crippen molar-refractivity contribution in [3.8, 4) is 0 Å². The molecule has 1 unspecified atom stereocenters. The van der Waals surface area contributed by atoms with Gasteiger partial charge in [0.1, 0.15) is 5.82 Å². The molecular formula is C14H23FN2O. The highest BCUT2D eigenvalue weighted by atomic mass is 19.1. The molecule has 0 amide bonds. The van der Waals surface area contributed by atoms with Gasteiger partial charge >= 0.3 is 0 Å². The number of para-hydroxylation sites is 1. The molecule has 4 heteroatoms. The lowest BCUT2D eigenvalue weighted by molar-refractivity contribution is 0.154. The topological polar surface area (TPSA) is 38.5 Å². The van der Waals surface area contributed by atoms with Crippen LogP contribution in [-0.4, -0.2) is 32.8 Å². The first kappa shape index (κ1) is 14.9. The largest absolute Gasteiger partial charge is 0.380 e. The van der Waals surface area contributed by atoms with E-state index in [2.05, 4.69) is 0 Å². The second-order valence-electron chi connectivity index (χ2n) is 4.55. The fourth-order valence-corrected chi connectivity index (χ4v) is 1.96. The van der Waals surface area contributed by atoms with Gasteiger partial charge in [0.15, 0.2) is 0 Å². The predicted molar refractivity (Wildman–Crippen MR) is 73.5 cm³/mol. The summed E-state index contributed by atoms with van der Waals surface area (Å²) in [6.07, 6.45) is 0.673. The van der Waals surface area contributed by atoms with Gasteiger partial charge in [-0.15, -0.1) is 0 Å². The number of anilines is 1. The maximum absolute atomic E-state index is 13.9. The zero-order valence-electron chi connectivity index (χ0n) is 11.4. The average Bonchev–Trinajstić information content (AvgIpc) is 2.28. The van der Waals surface area contributed by atoms with E-state index in [4.69, 9.17) is 10.5 Å². The van der Waals surface area contributed by atoms with Crippen LogP contribution in [-0.2, 0) is 11.2 Å². The molecule has 102 valence electrons. The quantitative estimate of drug-likeness (QED) is 0.758. The van der Waals surface area contributed by atoms with E-state index in [1.807, 2.05) is 31.9 Å². The molecule has 18 heavy (non-hydrogen) atoms. The molecule has 0 saturated carbocycles. The van der Waals surface area contributed by atoms with E-state index in [1.165, 1.54) is 6.07 Å². The van der Waals surface area contributed by atoms with Gasteiger partial charge in [-0.05, 0) is 31.9 Å². The summed E-state index contributed by atoms with van der Waals surface area (Å²) in [6.45, 7) is 5.82. The number of hydrogen-bond donors (Lipinski definition) is 1. The van der Waals surface area contributed by atoms with E-state index in [1.54, 1.807) is 6.07 Å². The summed E-state index contributed by atoms with van der Waals surface area (Å²) in [6, 6.07) is 5.16. The van der Waals surface area contributed by atoms with E-state index >= 15 is 0 Å². The highest BCUT2D eigenvalue weighted by molar-refractivity contribution is 5.54. The lowest BCUT2D eigenvalue weighted by Gasteiger charge is -2.23. The molecule has 0 radical (unpaired) electrons. The Bertz CT molecular complexity index is 369. The van der Waals surface area contributed by atoms with Crippen LogP contribution in [0.3, 0.4) is 0 Å². The number of ether oxygens (including phenoxy) is 1. The number of benzene rings is 1. The molecule has 1 rings (SSSR count). The van der Waals surface area contributed by atoms with Gasteiger partial charge in [-0.1, -0.05) is 12.1 Å². The Labute approximate surface area is 109 Å². The number of rotatable bonds is 7. The van der Waals surface area contributed by atoms with E-state index in [-0.39, 0.29) is 11.9 Å². The van der Waals surface area contributed by atoms with Crippen molar-refractivity contribution < 1.29 is 9.13 Å². The van der Waals surface area contributed by atoms with Gasteiger partial charge in [0, 0.05) is 26.2 Å². The van der Waals surface area contributed by atoms with Crippen LogP contribution in [0.25, 0.3) is 0 Å². The summed E-state index contributed by atoms with van der Waals surface area (Å²) in [5.41, 5.74) is 7.38. The molecule has 1 atom stereocenters. The third kappa shape index (κ3) is 4.27. The Morgan fingerprint density at radius 2 is 2.17 bits per heavy atom. The summed E-state index contributed by atoms with van der Waals surface area (Å²) in [4.78, 5) is 1.89. The van der Waals surface area contributed by atoms with Crippen LogP contribution in [0.4, 0.5) is 10.1 Å². The molecule has 0 aromatic heterocycles. The minimum atomic E-state index is -0.202. The van der Waals surface area contributed by atoms with E-state index in [9.17, 15) is 4.39 Å². The highest BCUT2D eigenvalue weighted by Crippen LogP contribution is 2.24. The zero-order valence-corrected chi connectivity index (χ0v) is 11.4. The van der Waals surface area contributed by atoms with Crippen molar-refractivity contribution >= 4 is 5.69 Å². The summed E-state index contributed by atoms with van der Waals surface area (Å²) in [5, 5.41) is 0. The smallest absolute Gasteiger partial charge is 0.146 e. The van der Waals surface area contributed by atoms with Crippen molar-refractivity contribution in [3.63, 3.8) is 0 Å². The molecule has 0 aliphatic heterocycles. The SMILES string of the molecule is CCOCCN(C)c1c(F)cccc1CC(C)N. The summed E-state index contributed by atoms with van der Waals surface area (Å²) >= 11 is 0. The Morgan fingerprint density at radius 1 is 1.44 bits per heavy atom. The van der Waals surface area contributed by atoms with Gasteiger partial charge in [-0.3, -0.25) is 0 Å². The molecule has 0 saturated heterocycles. The fourth-order valence-electron chi connectivity index (χ4n) is 1.96. The second kappa shape index (κ2) is 7.34. The molecule has 0 bridgehead atoms. The summed E-state index contributed by atoms with van der Waals surface area (Å²) < 4.78 is 19.2. The lowest BCUT2D eigenvalue weighted by atomic mass is 10.0. The second-order valence-corrected chi connectivity index (χ2v) is 4.55. The van der Waals surface area contributed by atoms with Crippen LogP contribution in [0.1, 0.15) is 19.4 Å². The Kier molecular flexibility index (Phi) is 6.09. The Balaban J connectivity index is 2.83. The molecule has 1 aromatic rings. The van der Waals surface area contributed by atoms with Crippen LogP contribution in [0, 0.1) is 5.82 Å². The molecule has 0 fully saturated rings. The Hall–Kier alpha value is -1.13. The normalized spacial score (nSPS) is 12.5. The third-order valence-electron chi connectivity index (χ3n) is 2.77. The monoisotopic (exact) mass is 254 g/mol. The van der Waals surface area contributed by atoms with Crippen molar-refractivity contribution in [2.24, 2.45) is 5.73 Å². The first-order chi connectivity index (χ1) is 8.56. The van der Waals surface area contributed by atoms with Crippen molar-refractivity contribution in [2.45, 2.75) is 26.3 Å². The maximum atomic E-state index is 13.9. The van der Waals surface area contributed by atoms with E-state index in [0.29, 0.717) is 31.9 Å². The minimum absolute atomic E-state index is 0.0193. The number of halogens is 1. The minimum Gasteiger partial charge on any atom is -0.380 e. The molecule has 2 N–H and O–H groups in total. The average molecular weight is 254 g/mol. The fraction of sp³-hybridized carbons (Fsp3) is 0.571. The highest BCUT2D eigenvalue weighted by Gasteiger charge is 2.13. The van der Waals surface area contributed by atoms with Crippen molar-refractivity contribution in [3.05, 3.63) is 29.6 Å². The third-order valence-corrected chi connectivity index (χ3v) is 2.77. The standard InChI is InChI=1S/C14H23FN2O/c1-4-18-9-8-17(3)14-12(10-11(2)16)6-5-7-13(14)15/h5-7,11H,4,8-10,16H2,1-3H3. The van der Waals surface area contributed by atoms with Gasteiger partial charge in [0.2, 0.25) is 0 Å². The van der Waals surface area contributed by atoms with Gasteiger partial charge < -0.3 is 15.4 Å². The molecule has 0 aliphatic rings. The van der Waals surface area contributed by atoms with Crippen LogP contribution >= 0.6 is 0 Å². The maximum Gasteiger partial charge on any atom is 0.146 e. The van der Waals surface area contributed by atoms with Crippen molar-refractivity contribution in [2.75, 3.05) is 31.7 Å². The zero-order chi connectivity index (χ0) is 13.5. The Morgan fingerprint density at radius 3 is 2.78 bits per heavy atom. The molecule has 1 aromatic carbocycles. The number of nitrogens with zero attached hydrogens (tertiary/aromatic N) is 1. The van der Waals surface area contributed by atoms with Crippen LogP contribution in [0.15, 0.2) is 18.2 Å². The number of hydrogen-bond acceptors (Lipinski definition) is 3. The molecule has 0 spiro atoms. The predicted octanol–water partition coefficient (Wildman–Crippen LogP) is 2.19. The molecule has 0 aliphatic carbocycles. The van der Waals surface area contributed by atoms with Gasteiger partial charge in [0.05, 0.1) is 12.3 Å².